The highest BCUT2D eigenvalue weighted by Gasteiger charge is 2.02. The fourth-order valence-electron chi connectivity index (χ4n) is 2.39. The van der Waals surface area contributed by atoms with Gasteiger partial charge in [-0.15, -0.1) is 24.0 Å². The number of hydrogen-bond donors (Lipinski definition) is 3. The molecule has 26 heavy (non-hydrogen) atoms. The first-order valence-electron chi connectivity index (χ1n) is 8.60. The lowest BCUT2D eigenvalue weighted by molar-refractivity contribution is 0.0963. The van der Waals surface area contributed by atoms with Crippen LogP contribution in [0.4, 0.5) is 0 Å². The molecule has 0 fully saturated rings. The van der Waals surface area contributed by atoms with Gasteiger partial charge in [-0.1, -0.05) is 42.5 Å². The normalized spacial score (nSPS) is 10.6. The predicted octanol–water partition coefficient (Wildman–Crippen LogP) is 2.96. The van der Waals surface area contributed by atoms with Crippen molar-refractivity contribution in [3.05, 3.63) is 71.3 Å². The van der Waals surface area contributed by atoms with E-state index in [-0.39, 0.29) is 29.9 Å². The fourth-order valence-corrected chi connectivity index (χ4v) is 2.39. The molecule has 2 rings (SSSR count). The van der Waals surface area contributed by atoms with Crippen molar-refractivity contribution in [3.63, 3.8) is 0 Å². The second-order valence-corrected chi connectivity index (χ2v) is 5.63. The zero-order valence-corrected chi connectivity index (χ0v) is 17.6. The molecule has 0 aliphatic heterocycles. The molecule has 0 saturated carbocycles. The first kappa shape index (κ1) is 22.0. The average molecular weight is 466 g/mol. The zero-order chi connectivity index (χ0) is 17.9. The van der Waals surface area contributed by atoms with E-state index < -0.39 is 0 Å². The number of rotatable bonds is 7. The molecule has 0 radical (unpaired) electrons. The van der Waals surface area contributed by atoms with Gasteiger partial charge in [-0.2, -0.15) is 0 Å². The van der Waals surface area contributed by atoms with Crippen LogP contribution in [0.15, 0.2) is 59.6 Å². The summed E-state index contributed by atoms with van der Waals surface area (Å²) in [5.74, 6) is 0.722. The SMILES string of the molecule is CCNC(=NCc1ccc(C(=O)NC)cc1)NCCc1ccccc1.I. The van der Waals surface area contributed by atoms with E-state index in [4.69, 9.17) is 0 Å². The van der Waals surface area contributed by atoms with E-state index in [2.05, 4.69) is 45.2 Å². The number of carbonyl (C=O) groups is 1. The van der Waals surface area contributed by atoms with Gasteiger partial charge in [0.05, 0.1) is 6.54 Å². The van der Waals surface area contributed by atoms with Gasteiger partial charge in [0, 0.05) is 25.7 Å². The first-order chi connectivity index (χ1) is 12.2. The summed E-state index contributed by atoms with van der Waals surface area (Å²) in [7, 11) is 1.63. The molecule has 5 nitrogen and oxygen atoms in total. The Morgan fingerprint density at radius 3 is 2.27 bits per heavy atom. The van der Waals surface area contributed by atoms with Crippen molar-refractivity contribution in [2.75, 3.05) is 20.1 Å². The van der Waals surface area contributed by atoms with Crippen LogP contribution < -0.4 is 16.0 Å². The van der Waals surface area contributed by atoms with Crippen LogP contribution in [0.25, 0.3) is 0 Å². The van der Waals surface area contributed by atoms with E-state index in [1.54, 1.807) is 7.05 Å². The monoisotopic (exact) mass is 466 g/mol. The van der Waals surface area contributed by atoms with Crippen molar-refractivity contribution in [1.82, 2.24) is 16.0 Å². The molecule has 6 heteroatoms. The Hall–Kier alpha value is -2.09. The maximum Gasteiger partial charge on any atom is 0.251 e. The number of aliphatic imine (C=N–C) groups is 1. The van der Waals surface area contributed by atoms with Crippen molar-refractivity contribution >= 4 is 35.8 Å². The highest BCUT2D eigenvalue weighted by atomic mass is 127. The zero-order valence-electron chi connectivity index (χ0n) is 15.3. The molecule has 1 amide bonds. The maximum atomic E-state index is 11.6. The molecular weight excluding hydrogens is 439 g/mol. The molecule has 0 bridgehead atoms. The number of hydrogen-bond acceptors (Lipinski definition) is 2. The van der Waals surface area contributed by atoms with Gasteiger partial charge in [0.25, 0.3) is 5.91 Å². The molecule has 0 aromatic heterocycles. The van der Waals surface area contributed by atoms with Gasteiger partial charge in [0.2, 0.25) is 0 Å². The van der Waals surface area contributed by atoms with Crippen molar-refractivity contribution < 1.29 is 4.79 Å². The first-order valence-corrected chi connectivity index (χ1v) is 8.60. The molecule has 140 valence electrons. The maximum absolute atomic E-state index is 11.6. The molecule has 2 aromatic carbocycles. The molecule has 0 spiro atoms. The van der Waals surface area contributed by atoms with E-state index in [9.17, 15) is 4.79 Å². The van der Waals surface area contributed by atoms with Crippen LogP contribution in [-0.4, -0.2) is 32.0 Å². The van der Waals surface area contributed by atoms with Crippen LogP contribution in [0.3, 0.4) is 0 Å². The van der Waals surface area contributed by atoms with Gasteiger partial charge in [0.1, 0.15) is 0 Å². The molecule has 0 aliphatic rings. The molecule has 0 heterocycles. The van der Waals surface area contributed by atoms with Gasteiger partial charge in [-0.25, -0.2) is 4.99 Å². The fraction of sp³-hybridized carbons (Fsp3) is 0.300. The van der Waals surface area contributed by atoms with Crippen molar-refractivity contribution in [2.45, 2.75) is 19.9 Å². The third kappa shape index (κ3) is 7.43. The molecule has 0 aliphatic carbocycles. The topological polar surface area (TPSA) is 65.5 Å². The lowest BCUT2D eigenvalue weighted by atomic mass is 10.1. The second kappa shape index (κ2) is 12.3. The average Bonchev–Trinajstić information content (AvgIpc) is 2.66. The molecule has 0 unspecified atom stereocenters. The Labute approximate surface area is 172 Å². The summed E-state index contributed by atoms with van der Waals surface area (Å²) in [6.45, 7) is 4.25. The summed E-state index contributed by atoms with van der Waals surface area (Å²) in [5, 5.41) is 9.22. The Morgan fingerprint density at radius 2 is 1.65 bits per heavy atom. The highest BCUT2D eigenvalue weighted by molar-refractivity contribution is 14.0. The molecule has 0 atom stereocenters. The summed E-state index contributed by atoms with van der Waals surface area (Å²) in [6, 6.07) is 17.9. The third-order valence-electron chi connectivity index (χ3n) is 3.76. The summed E-state index contributed by atoms with van der Waals surface area (Å²) < 4.78 is 0. The smallest absolute Gasteiger partial charge is 0.251 e. The summed E-state index contributed by atoms with van der Waals surface area (Å²) in [6.07, 6.45) is 0.950. The number of nitrogens with zero attached hydrogens (tertiary/aromatic N) is 1. The highest BCUT2D eigenvalue weighted by Crippen LogP contribution is 2.05. The minimum Gasteiger partial charge on any atom is -0.357 e. The van der Waals surface area contributed by atoms with Crippen molar-refractivity contribution in [3.8, 4) is 0 Å². The van der Waals surface area contributed by atoms with Crippen LogP contribution in [0.5, 0.6) is 0 Å². The Morgan fingerprint density at radius 1 is 0.962 bits per heavy atom. The van der Waals surface area contributed by atoms with E-state index in [1.807, 2.05) is 37.3 Å². The Kier molecular flexibility index (Phi) is 10.4. The number of carbonyl (C=O) groups excluding carboxylic acids is 1. The Balaban J connectivity index is 0.00000338. The van der Waals surface area contributed by atoms with Gasteiger partial charge in [-0.3, -0.25) is 4.79 Å². The largest absolute Gasteiger partial charge is 0.357 e. The summed E-state index contributed by atoms with van der Waals surface area (Å²) in [4.78, 5) is 16.2. The molecule has 3 N–H and O–H groups in total. The minimum absolute atomic E-state index is 0. The van der Waals surface area contributed by atoms with E-state index in [1.165, 1.54) is 5.56 Å². The number of halogens is 1. The predicted molar refractivity (Wildman–Crippen MR) is 118 cm³/mol. The molecular formula is C20H27IN4O. The molecule has 0 saturated heterocycles. The van der Waals surface area contributed by atoms with E-state index in [0.29, 0.717) is 12.1 Å². The van der Waals surface area contributed by atoms with Crippen LogP contribution in [-0.2, 0) is 13.0 Å². The number of benzene rings is 2. The van der Waals surface area contributed by atoms with Crippen LogP contribution in [0.2, 0.25) is 0 Å². The number of guanidine groups is 1. The molecule has 2 aromatic rings. The van der Waals surface area contributed by atoms with Crippen LogP contribution in [0.1, 0.15) is 28.4 Å². The number of nitrogens with one attached hydrogen (secondary N) is 3. The lowest BCUT2D eigenvalue weighted by Crippen LogP contribution is -2.38. The quantitative estimate of drug-likeness (QED) is 0.334. The van der Waals surface area contributed by atoms with Crippen LogP contribution in [0, 0.1) is 0 Å². The standard InChI is InChI=1S/C20H26N4O.HI/c1-3-22-20(23-14-13-16-7-5-4-6-8-16)24-15-17-9-11-18(12-10-17)19(25)21-2;/h4-12H,3,13-15H2,1-2H3,(H,21,25)(H2,22,23,24);1H. The minimum atomic E-state index is -0.0778. The Bertz CT molecular complexity index is 687. The van der Waals surface area contributed by atoms with Gasteiger partial charge < -0.3 is 16.0 Å². The van der Waals surface area contributed by atoms with Gasteiger partial charge >= 0.3 is 0 Å². The van der Waals surface area contributed by atoms with Gasteiger partial charge in [-0.05, 0) is 36.6 Å². The van der Waals surface area contributed by atoms with Crippen molar-refractivity contribution in [2.24, 2.45) is 4.99 Å². The second-order valence-electron chi connectivity index (χ2n) is 5.63. The van der Waals surface area contributed by atoms with E-state index >= 15 is 0 Å². The lowest BCUT2D eigenvalue weighted by Gasteiger charge is -2.11. The third-order valence-corrected chi connectivity index (χ3v) is 3.76. The van der Waals surface area contributed by atoms with Crippen LogP contribution >= 0.6 is 24.0 Å². The van der Waals surface area contributed by atoms with Gasteiger partial charge in [0.15, 0.2) is 5.96 Å². The van der Waals surface area contributed by atoms with E-state index in [0.717, 1.165) is 31.0 Å². The summed E-state index contributed by atoms with van der Waals surface area (Å²) in [5.41, 5.74) is 3.02. The number of amides is 1. The summed E-state index contributed by atoms with van der Waals surface area (Å²) >= 11 is 0. The van der Waals surface area contributed by atoms with Crippen molar-refractivity contribution in [1.29, 1.82) is 0 Å².